The molecule has 132 valence electrons. The molecule has 1 aromatic carbocycles. The fraction of sp³-hybridized carbons (Fsp3) is 0.200. The number of fused-ring (bicyclic) bond motifs is 1. The number of aromatic amines is 1. The summed E-state index contributed by atoms with van der Waals surface area (Å²) in [5.41, 5.74) is 0.562. The molecule has 2 heterocycles. The second-order valence-corrected chi connectivity index (χ2v) is 7.08. The highest BCUT2D eigenvalue weighted by Gasteiger charge is 2.33. The van der Waals surface area contributed by atoms with Crippen molar-refractivity contribution in [2.45, 2.75) is 20.2 Å². The minimum absolute atomic E-state index is 0.0936. The van der Waals surface area contributed by atoms with Crippen LogP contribution in [0.25, 0.3) is 16.7 Å². The van der Waals surface area contributed by atoms with E-state index in [2.05, 4.69) is 46.6 Å². The molecule has 0 saturated heterocycles. The van der Waals surface area contributed by atoms with Gasteiger partial charge in [-0.1, -0.05) is 15.9 Å². The molecular formula is C15H10Br2F3N3O2. The number of H-pyrrole nitrogens is 1. The number of hydrogen-bond donors (Lipinski definition) is 1. The van der Waals surface area contributed by atoms with E-state index in [4.69, 9.17) is 0 Å². The zero-order chi connectivity index (χ0) is 18.5. The van der Waals surface area contributed by atoms with E-state index in [-0.39, 0.29) is 16.9 Å². The van der Waals surface area contributed by atoms with Crippen LogP contribution in [-0.2, 0) is 0 Å². The van der Waals surface area contributed by atoms with Crippen LogP contribution in [0.5, 0.6) is 5.75 Å². The molecule has 0 atom stereocenters. The Balaban J connectivity index is 2.38. The predicted octanol–water partition coefficient (Wildman–Crippen LogP) is 4.75. The van der Waals surface area contributed by atoms with E-state index in [0.29, 0.717) is 25.7 Å². The summed E-state index contributed by atoms with van der Waals surface area (Å²) in [4.78, 5) is 19.0. The third-order valence-electron chi connectivity index (χ3n) is 3.42. The molecule has 3 aromatic rings. The molecule has 3 rings (SSSR count). The number of aryl methyl sites for hydroxylation is 2. The lowest BCUT2D eigenvalue weighted by atomic mass is 10.3. The number of nitrogens with one attached hydrogen (secondary N) is 1. The molecule has 5 nitrogen and oxygen atoms in total. The van der Waals surface area contributed by atoms with Crippen LogP contribution in [0.3, 0.4) is 0 Å². The molecule has 0 spiro atoms. The molecule has 0 saturated carbocycles. The van der Waals surface area contributed by atoms with E-state index in [9.17, 15) is 18.0 Å². The summed E-state index contributed by atoms with van der Waals surface area (Å²) < 4.78 is 44.8. The topological polar surface area (TPSA) is 59.9 Å². The Morgan fingerprint density at radius 1 is 1.24 bits per heavy atom. The number of alkyl halides is 3. The summed E-state index contributed by atoms with van der Waals surface area (Å²) in [6.07, 6.45) is -3.32. The van der Waals surface area contributed by atoms with Crippen molar-refractivity contribution in [1.29, 1.82) is 0 Å². The third kappa shape index (κ3) is 3.45. The highest BCUT2D eigenvalue weighted by Crippen LogP contribution is 2.39. The van der Waals surface area contributed by atoms with Gasteiger partial charge in [0.25, 0.3) is 5.56 Å². The molecular weight excluding hydrogens is 471 g/mol. The van der Waals surface area contributed by atoms with Crippen LogP contribution >= 0.6 is 31.9 Å². The smallest absolute Gasteiger partial charge is 0.403 e. The van der Waals surface area contributed by atoms with Gasteiger partial charge in [0.05, 0.1) is 5.39 Å². The van der Waals surface area contributed by atoms with Crippen molar-refractivity contribution in [2.75, 3.05) is 0 Å². The van der Waals surface area contributed by atoms with E-state index in [1.165, 1.54) is 10.6 Å². The number of ether oxygens (including phenoxy) is 1. The maximum atomic E-state index is 12.8. The number of aromatic nitrogens is 3. The summed E-state index contributed by atoms with van der Waals surface area (Å²) in [7, 11) is 0. The molecule has 0 unspecified atom stereocenters. The van der Waals surface area contributed by atoms with Crippen LogP contribution in [0.4, 0.5) is 13.2 Å². The van der Waals surface area contributed by atoms with Gasteiger partial charge in [0, 0.05) is 15.1 Å². The lowest BCUT2D eigenvalue weighted by Crippen LogP contribution is -2.18. The molecule has 0 radical (unpaired) electrons. The summed E-state index contributed by atoms with van der Waals surface area (Å²) in [6, 6.07) is 2.79. The molecule has 25 heavy (non-hydrogen) atoms. The molecule has 0 aliphatic heterocycles. The molecule has 2 aromatic heterocycles. The van der Waals surface area contributed by atoms with Crippen molar-refractivity contribution >= 4 is 42.9 Å². The van der Waals surface area contributed by atoms with Crippen molar-refractivity contribution in [2.24, 2.45) is 0 Å². The summed E-state index contributed by atoms with van der Waals surface area (Å²) in [5, 5.41) is 0.304. The molecule has 0 fully saturated rings. The zero-order valence-corrected chi connectivity index (χ0v) is 16.0. The summed E-state index contributed by atoms with van der Waals surface area (Å²) in [5.74, 6) is -0.0752. The SMILES string of the molecule is Cc1nc2c(c(C)cn2-c2c(Br)cc(Br)cc2OC(F)(F)F)c(=O)[nH]1. The summed E-state index contributed by atoms with van der Waals surface area (Å²) >= 11 is 6.41. The lowest BCUT2D eigenvalue weighted by molar-refractivity contribution is -0.274. The maximum Gasteiger partial charge on any atom is 0.573 e. The number of rotatable bonds is 2. The van der Waals surface area contributed by atoms with Gasteiger partial charge >= 0.3 is 6.36 Å². The van der Waals surface area contributed by atoms with Crippen LogP contribution in [-0.4, -0.2) is 20.9 Å². The molecule has 0 amide bonds. The van der Waals surface area contributed by atoms with Gasteiger partial charge in [-0.25, -0.2) is 4.98 Å². The van der Waals surface area contributed by atoms with Crippen LogP contribution in [0, 0.1) is 13.8 Å². The standard InChI is InChI=1S/C15H10Br2F3N3O2/c1-6-5-23(13-11(6)14(24)22-7(2)21-13)12-9(17)3-8(16)4-10(12)25-15(18,19)20/h3-5H,1-2H3,(H,21,22,24). The second kappa shape index (κ2) is 6.17. The fourth-order valence-corrected chi connectivity index (χ4v) is 3.95. The number of benzene rings is 1. The van der Waals surface area contributed by atoms with Crippen molar-refractivity contribution < 1.29 is 17.9 Å². The third-order valence-corrected chi connectivity index (χ3v) is 4.49. The van der Waals surface area contributed by atoms with Crippen LogP contribution in [0.1, 0.15) is 11.4 Å². The average molecular weight is 481 g/mol. The first-order chi connectivity index (χ1) is 11.6. The van der Waals surface area contributed by atoms with Gasteiger partial charge in [-0.2, -0.15) is 0 Å². The Kier molecular flexibility index (Phi) is 4.44. The first-order valence-corrected chi connectivity index (χ1v) is 8.49. The van der Waals surface area contributed by atoms with Gasteiger partial charge in [0.15, 0.2) is 11.4 Å². The Hall–Kier alpha value is -1.81. The van der Waals surface area contributed by atoms with Gasteiger partial charge in [-0.15, -0.1) is 13.2 Å². The second-order valence-electron chi connectivity index (χ2n) is 5.31. The zero-order valence-electron chi connectivity index (χ0n) is 12.8. The highest BCUT2D eigenvalue weighted by atomic mass is 79.9. The predicted molar refractivity (Wildman–Crippen MR) is 93.2 cm³/mol. The lowest BCUT2D eigenvalue weighted by Gasteiger charge is -2.16. The monoisotopic (exact) mass is 479 g/mol. The van der Waals surface area contributed by atoms with Crippen molar-refractivity contribution in [1.82, 2.24) is 14.5 Å². The van der Waals surface area contributed by atoms with Gasteiger partial charge in [-0.05, 0) is 47.5 Å². The van der Waals surface area contributed by atoms with Crippen molar-refractivity contribution in [3.8, 4) is 11.4 Å². The van der Waals surface area contributed by atoms with E-state index in [1.807, 2.05) is 0 Å². The van der Waals surface area contributed by atoms with Crippen molar-refractivity contribution in [3.63, 3.8) is 0 Å². The van der Waals surface area contributed by atoms with Gasteiger partial charge in [-0.3, -0.25) is 9.36 Å². The van der Waals surface area contributed by atoms with Crippen LogP contribution < -0.4 is 10.3 Å². The molecule has 0 aliphatic carbocycles. The molecule has 0 aliphatic rings. The molecule has 10 heteroatoms. The largest absolute Gasteiger partial charge is 0.573 e. The molecule has 0 bridgehead atoms. The van der Waals surface area contributed by atoms with Gasteiger partial charge in [0.2, 0.25) is 0 Å². The first-order valence-electron chi connectivity index (χ1n) is 6.90. The normalized spacial score (nSPS) is 12.0. The van der Waals surface area contributed by atoms with E-state index in [1.54, 1.807) is 26.1 Å². The van der Waals surface area contributed by atoms with Gasteiger partial charge < -0.3 is 9.72 Å². The number of nitrogens with zero attached hydrogens (tertiary/aromatic N) is 2. The maximum absolute atomic E-state index is 12.8. The average Bonchev–Trinajstić information content (AvgIpc) is 2.73. The van der Waals surface area contributed by atoms with E-state index >= 15 is 0 Å². The minimum atomic E-state index is -4.87. The van der Waals surface area contributed by atoms with E-state index < -0.39 is 12.1 Å². The number of halogens is 5. The first kappa shape index (κ1) is 18.0. The number of hydrogen-bond acceptors (Lipinski definition) is 3. The fourth-order valence-electron chi connectivity index (χ4n) is 2.57. The van der Waals surface area contributed by atoms with Crippen LogP contribution in [0.15, 0.2) is 32.1 Å². The Morgan fingerprint density at radius 3 is 2.56 bits per heavy atom. The van der Waals surface area contributed by atoms with E-state index in [0.717, 1.165) is 0 Å². The Morgan fingerprint density at radius 2 is 1.92 bits per heavy atom. The molecule has 1 N–H and O–H groups in total. The van der Waals surface area contributed by atoms with Crippen LogP contribution in [0.2, 0.25) is 0 Å². The Labute approximate surface area is 156 Å². The minimum Gasteiger partial charge on any atom is -0.403 e. The summed E-state index contributed by atoms with van der Waals surface area (Å²) in [6.45, 7) is 3.28. The quantitative estimate of drug-likeness (QED) is 0.575. The highest BCUT2D eigenvalue weighted by molar-refractivity contribution is 9.11. The Bertz CT molecular complexity index is 1040. The van der Waals surface area contributed by atoms with Gasteiger partial charge in [0.1, 0.15) is 11.5 Å². The van der Waals surface area contributed by atoms with Crippen molar-refractivity contribution in [3.05, 3.63) is 49.0 Å².